The molecule has 1 N–H and O–H groups in total. The lowest BCUT2D eigenvalue weighted by atomic mass is 9.48. The lowest BCUT2D eigenvalue weighted by Gasteiger charge is -2.57. The maximum atomic E-state index is 11.9. The van der Waals surface area contributed by atoms with E-state index in [1.807, 2.05) is 6.08 Å². The quantitative estimate of drug-likeness (QED) is 0.616. The zero-order valence-corrected chi connectivity index (χ0v) is 18.9. The van der Waals surface area contributed by atoms with Crippen molar-refractivity contribution in [2.45, 2.75) is 57.8 Å². The number of nitrogens with one attached hydrogen (secondary N) is 1. The van der Waals surface area contributed by atoms with Crippen LogP contribution in [-0.2, 0) is 10.2 Å². The first kappa shape index (κ1) is 19.4. The number of nitrogens with zero attached hydrogens (tertiary/aromatic N) is 1. The van der Waals surface area contributed by atoms with Gasteiger partial charge < -0.3 is 4.57 Å². The molecule has 7 rings (SSSR count). The molecule has 0 atom stereocenters. The van der Waals surface area contributed by atoms with E-state index in [4.69, 9.17) is 0 Å². The SMILES string of the molecule is Cc1cc(/C=C2/SC(=O)NC2=O)c(C)n1-c1ccc(C23CC4CC(CC(C4)C2)C3)cc1. The van der Waals surface area contributed by atoms with Crippen LogP contribution in [0.5, 0.6) is 0 Å². The van der Waals surface area contributed by atoms with E-state index in [-0.39, 0.29) is 11.1 Å². The van der Waals surface area contributed by atoms with Gasteiger partial charge in [0, 0.05) is 17.1 Å². The van der Waals surface area contributed by atoms with Gasteiger partial charge in [-0.2, -0.15) is 0 Å². The summed E-state index contributed by atoms with van der Waals surface area (Å²) < 4.78 is 2.25. The number of amides is 2. The van der Waals surface area contributed by atoms with Gasteiger partial charge in [0.05, 0.1) is 4.91 Å². The number of rotatable bonds is 3. The number of aryl methyl sites for hydroxylation is 1. The molecule has 1 aromatic carbocycles. The molecule has 4 aliphatic carbocycles. The average Bonchev–Trinajstić information content (AvgIpc) is 3.18. The summed E-state index contributed by atoms with van der Waals surface area (Å²) in [5.74, 6) is 2.55. The first-order valence-corrected chi connectivity index (χ1v) is 12.3. The first-order valence-electron chi connectivity index (χ1n) is 11.4. The van der Waals surface area contributed by atoms with Gasteiger partial charge in [-0.25, -0.2) is 0 Å². The number of hydrogen-bond acceptors (Lipinski definition) is 3. The van der Waals surface area contributed by atoms with Gasteiger partial charge in [0.25, 0.3) is 11.1 Å². The average molecular weight is 433 g/mol. The van der Waals surface area contributed by atoms with E-state index in [1.165, 1.54) is 44.1 Å². The van der Waals surface area contributed by atoms with E-state index < -0.39 is 0 Å². The van der Waals surface area contributed by atoms with Gasteiger partial charge in [0.2, 0.25) is 0 Å². The maximum Gasteiger partial charge on any atom is 0.290 e. The summed E-state index contributed by atoms with van der Waals surface area (Å²) >= 11 is 0.969. The first-order chi connectivity index (χ1) is 14.9. The summed E-state index contributed by atoms with van der Waals surface area (Å²) in [5, 5.41) is 2.03. The van der Waals surface area contributed by atoms with Crippen LogP contribution in [0.4, 0.5) is 4.79 Å². The van der Waals surface area contributed by atoms with E-state index in [2.05, 4.69) is 54.1 Å². The Morgan fingerprint density at radius 2 is 1.61 bits per heavy atom. The second-order valence-electron chi connectivity index (χ2n) is 10.3. The lowest BCUT2D eigenvalue weighted by molar-refractivity contribution is -0.115. The van der Waals surface area contributed by atoms with E-state index >= 15 is 0 Å². The third-order valence-corrected chi connectivity index (χ3v) is 8.99. The van der Waals surface area contributed by atoms with Crippen molar-refractivity contribution in [1.82, 2.24) is 9.88 Å². The fourth-order valence-electron chi connectivity index (χ4n) is 7.32. The smallest absolute Gasteiger partial charge is 0.290 e. The molecule has 5 fully saturated rings. The molecular formula is C26H28N2O2S. The molecule has 0 radical (unpaired) electrons. The Morgan fingerprint density at radius 3 is 2.16 bits per heavy atom. The van der Waals surface area contributed by atoms with E-state index in [1.54, 1.807) is 0 Å². The van der Waals surface area contributed by atoms with E-state index in [9.17, 15) is 9.59 Å². The molecule has 4 nitrogen and oxygen atoms in total. The van der Waals surface area contributed by atoms with Crippen LogP contribution in [0.25, 0.3) is 11.8 Å². The number of carbonyl (C=O) groups is 2. The third kappa shape index (κ3) is 3.12. The van der Waals surface area contributed by atoms with Gasteiger partial charge in [-0.3, -0.25) is 14.9 Å². The highest BCUT2D eigenvalue weighted by molar-refractivity contribution is 8.18. The van der Waals surface area contributed by atoms with Gasteiger partial charge in [0.1, 0.15) is 0 Å². The largest absolute Gasteiger partial charge is 0.318 e. The van der Waals surface area contributed by atoms with Crippen molar-refractivity contribution in [2.75, 3.05) is 0 Å². The topological polar surface area (TPSA) is 51.1 Å². The predicted molar refractivity (Wildman–Crippen MR) is 124 cm³/mol. The summed E-state index contributed by atoms with van der Waals surface area (Å²) in [6, 6.07) is 11.4. The van der Waals surface area contributed by atoms with Crippen LogP contribution in [-0.4, -0.2) is 15.7 Å². The highest BCUT2D eigenvalue weighted by Crippen LogP contribution is 2.60. The van der Waals surface area contributed by atoms with E-state index in [0.717, 1.165) is 52.2 Å². The molecule has 1 saturated heterocycles. The van der Waals surface area contributed by atoms with Crippen LogP contribution in [0, 0.1) is 31.6 Å². The van der Waals surface area contributed by atoms with Crippen LogP contribution in [0.15, 0.2) is 35.2 Å². The number of thioether (sulfide) groups is 1. The van der Waals surface area contributed by atoms with Crippen molar-refractivity contribution >= 4 is 29.0 Å². The number of imide groups is 1. The minimum atomic E-state index is -0.306. The standard InChI is InChI=1S/C26H28N2O2S/c1-15-7-20(11-23-24(29)27-25(30)31-23)16(2)28(15)22-5-3-21(4-6-22)26-12-17-8-18(13-26)10-19(9-17)14-26/h3-7,11,17-19H,8-10,12-14H2,1-2H3,(H,27,29,30)/b23-11+. The second-order valence-corrected chi connectivity index (χ2v) is 11.3. The highest BCUT2D eigenvalue weighted by atomic mass is 32.2. The minimum Gasteiger partial charge on any atom is -0.318 e. The van der Waals surface area contributed by atoms with Crippen molar-refractivity contribution in [3.63, 3.8) is 0 Å². The summed E-state index contributed by atoms with van der Waals surface area (Å²) in [7, 11) is 0. The molecule has 0 spiro atoms. The molecule has 2 amide bonds. The van der Waals surface area contributed by atoms with Crippen molar-refractivity contribution in [2.24, 2.45) is 17.8 Å². The molecule has 0 unspecified atom stereocenters. The molecular weight excluding hydrogens is 404 g/mol. The fraction of sp³-hybridized carbons (Fsp3) is 0.462. The molecule has 4 bridgehead atoms. The summed E-state index contributed by atoms with van der Waals surface area (Å²) in [6.07, 6.45) is 10.4. The second kappa shape index (κ2) is 6.86. The Kier molecular flexibility index (Phi) is 4.30. The Hall–Kier alpha value is -2.27. The summed E-state index contributed by atoms with van der Waals surface area (Å²) in [5.41, 5.74) is 6.31. The molecule has 2 heterocycles. The van der Waals surface area contributed by atoms with Gasteiger partial charge in [-0.15, -0.1) is 0 Å². The Bertz CT molecular complexity index is 1090. The highest BCUT2D eigenvalue weighted by Gasteiger charge is 2.51. The minimum absolute atomic E-state index is 0.301. The Balaban J connectivity index is 1.31. The number of benzene rings is 1. The molecule has 5 aliphatic rings. The van der Waals surface area contributed by atoms with Gasteiger partial charge in [-0.1, -0.05) is 12.1 Å². The molecule has 2 aromatic rings. The molecule has 4 saturated carbocycles. The third-order valence-electron chi connectivity index (χ3n) is 8.18. The lowest BCUT2D eigenvalue weighted by Crippen LogP contribution is -2.48. The normalized spacial score (nSPS) is 32.8. The zero-order chi connectivity index (χ0) is 21.3. The van der Waals surface area contributed by atoms with Crippen LogP contribution in [0.1, 0.15) is 61.0 Å². The predicted octanol–water partition coefficient (Wildman–Crippen LogP) is 5.89. The van der Waals surface area contributed by atoms with Crippen molar-refractivity contribution in [1.29, 1.82) is 0 Å². The van der Waals surface area contributed by atoms with E-state index in [0.29, 0.717) is 10.3 Å². The summed E-state index contributed by atoms with van der Waals surface area (Å²) in [4.78, 5) is 23.9. The summed E-state index contributed by atoms with van der Waals surface area (Å²) in [6.45, 7) is 4.17. The van der Waals surface area contributed by atoms with Crippen LogP contribution < -0.4 is 5.32 Å². The monoisotopic (exact) mass is 432 g/mol. The van der Waals surface area contributed by atoms with Crippen LogP contribution in [0.3, 0.4) is 0 Å². The Morgan fingerprint density at radius 1 is 1.00 bits per heavy atom. The van der Waals surface area contributed by atoms with Crippen molar-refractivity contribution in [3.8, 4) is 5.69 Å². The Labute approximate surface area is 187 Å². The number of carbonyl (C=O) groups excluding carboxylic acids is 2. The molecule has 31 heavy (non-hydrogen) atoms. The van der Waals surface area contributed by atoms with Gasteiger partial charge in [0.15, 0.2) is 0 Å². The number of aromatic nitrogens is 1. The van der Waals surface area contributed by atoms with Crippen LogP contribution in [0.2, 0.25) is 0 Å². The molecule has 160 valence electrons. The molecule has 1 aliphatic heterocycles. The van der Waals surface area contributed by atoms with Crippen LogP contribution >= 0.6 is 11.8 Å². The van der Waals surface area contributed by atoms with Gasteiger partial charge in [-0.05, 0) is 123 Å². The van der Waals surface area contributed by atoms with Crippen molar-refractivity contribution < 1.29 is 9.59 Å². The molecule has 1 aromatic heterocycles. The van der Waals surface area contributed by atoms with Gasteiger partial charge >= 0.3 is 0 Å². The fourth-order valence-corrected chi connectivity index (χ4v) is 7.99. The molecule has 5 heteroatoms. The number of hydrogen-bond donors (Lipinski definition) is 1. The maximum absolute atomic E-state index is 11.9. The zero-order valence-electron chi connectivity index (χ0n) is 18.1. The van der Waals surface area contributed by atoms with Crippen molar-refractivity contribution in [3.05, 3.63) is 57.8 Å².